The van der Waals surface area contributed by atoms with E-state index >= 15 is 0 Å². The topological polar surface area (TPSA) is 147 Å². The van der Waals surface area contributed by atoms with E-state index in [1.807, 2.05) is 78.9 Å². The van der Waals surface area contributed by atoms with Crippen LogP contribution < -0.4 is 20.8 Å². The minimum absolute atomic E-state index is 0.0328. The average molecular weight is 649 g/mol. The summed E-state index contributed by atoms with van der Waals surface area (Å²) in [5.74, 6) is 1.38. The molecule has 2 aromatic heterocycles. The summed E-state index contributed by atoms with van der Waals surface area (Å²) in [7, 11) is 3.24. The lowest BCUT2D eigenvalue weighted by atomic mass is 9.80. The maximum Gasteiger partial charge on any atom is 0.280 e. The van der Waals surface area contributed by atoms with Crippen molar-refractivity contribution in [2.75, 3.05) is 26.6 Å². The predicted octanol–water partition coefficient (Wildman–Crippen LogP) is 4.14. The zero-order chi connectivity index (χ0) is 30.1. The number of aromatic nitrogens is 4. The Morgan fingerprint density at radius 3 is 2.14 bits per heavy atom. The number of aromatic amines is 1. The molecule has 0 spiro atoms. The zero-order valence-electron chi connectivity index (χ0n) is 23.4. The molecule has 0 saturated carbocycles. The van der Waals surface area contributed by atoms with Crippen LogP contribution in [0.4, 0.5) is 5.95 Å². The molecule has 12 heteroatoms. The summed E-state index contributed by atoms with van der Waals surface area (Å²) < 4.78 is 26.1. The molecular weight excluding hydrogens is 618 g/mol. The van der Waals surface area contributed by atoms with Gasteiger partial charge in [0.1, 0.15) is 29.4 Å². The maximum absolute atomic E-state index is 12.4. The van der Waals surface area contributed by atoms with Crippen molar-refractivity contribution < 1.29 is 24.1 Å². The normalized spacial score (nSPS) is 18.7. The first-order valence-electron chi connectivity index (χ1n) is 13.6. The number of ether oxygens (including phenoxy) is 4. The summed E-state index contributed by atoms with van der Waals surface area (Å²) >= 11 is 3.41. The highest BCUT2D eigenvalue weighted by molar-refractivity contribution is 9.10. The van der Waals surface area contributed by atoms with Crippen LogP contribution in [0.5, 0.6) is 11.5 Å². The Bertz CT molecular complexity index is 1730. The van der Waals surface area contributed by atoms with Gasteiger partial charge in [-0.3, -0.25) is 14.3 Å². The van der Waals surface area contributed by atoms with E-state index in [1.54, 1.807) is 18.8 Å². The van der Waals surface area contributed by atoms with Gasteiger partial charge >= 0.3 is 0 Å². The lowest BCUT2D eigenvalue weighted by Crippen LogP contribution is -2.38. The highest BCUT2D eigenvalue weighted by Crippen LogP contribution is 2.43. The molecule has 1 saturated heterocycles. The van der Waals surface area contributed by atoms with Crippen molar-refractivity contribution in [2.24, 2.45) is 0 Å². The molecule has 6 rings (SSSR count). The number of fused-ring (bicyclic) bond motifs is 1. The van der Waals surface area contributed by atoms with Crippen LogP contribution in [-0.4, -0.2) is 57.7 Å². The molecule has 3 atom stereocenters. The maximum atomic E-state index is 12.4. The fourth-order valence-corrected chi connectivity index (χ4v) is 6.11. The van der Waals surface area contributed by atoms with Crippen LogP contribution in [0, 0.1) is 0 Å². The van der Waals surface area contributed by atoms with Gasteiger partial charge in [0, 0.05) is 6.42 Å². The molecule has 0 bridgehead atoms. The molecule has 1 aliphatic rings. The van der Waals surface area contributed by atoms with E-state index in [1.165, 1.54) is 0 Å². The van der Waals surface area contributed by atoms with E-state index < -0.39 is 29.6 Å². The van der Waals surface area contributed by atoms with E-state index in [0.29, 0.717) is 16.2 Å². The van der Waals surface area contributed by atoms with Crippen LogP contribution >= 0.6 is 15.9 Å². The van der Waals surface area contributed by atoms with Crippen molar-refractivity contribution in [1.29, 1.82) is 0 Å². The molecular formula is C31H30BrN5O6. The summed E-state index contributed by atoms with van der Waals surface area (Å²) in [5, 5.41) is 11.2. The molecule has 43 heavy (non-hydrogen) atoms. The van der Waals surface area contributed by atoms with Crippen LogP contribution in [0.15, 0.2) is 88.4 Å². The summed E-state index contributed by atoms with van der Waals surface area (Å²) in [6.45, 7) is 0.0328. The SMILES string of the molecule is COc1ccc(C(OC[C@H]2O[C@@H](n3c(Br)nc4c(=O)[nH]c(N)nc43)CC2O)(c2ccccc2)c2ccc(OC)cc2)cc1. The number of nitrogens with one attached hydrogen (secondary N) is 1. The number of aliphatic hydroxyl groups excluding tert-OH is 1. The summed E-state index contributed by atoms with van der Waals surface area (Å²) in [6.07, 6.45) is -2.05. The van der Waals surface area contributed by atoms with E-state index in [-0.39, 0.29) is 30.1 Å². The third kappa shape index (κ3) is 5.27. The fraction of sp³-hybridized carbons (Fsp3) is 0.258. The van der Waals surface area contributed by atoms with Crippen LogP contribution in [0.1, 0.15) is 29.3 Å². The van der Waals surface area contributed by atoms with Crippen molar-refractivity contribution in [3.63, 3.8) is 0 Å². The number of methoxy groups -OCH3 is 2. The standard InChI is InChI=1S/C31H30BrN5O6/c1-40-21-12-8-19(9-13-21)31(18-6-4-3-5-7-18,20-10-14-22(41-2)15-11-20)42-17-24-23(38)16-25(43-24)37-27-26(34-29(37)32)28(39)36-30(33)35-27/h3-15,23-25,38H,16-17H2,1-2H3,(H3,33,35,36,39)/t23?,24-,25-/m1/s1. The number of benzene rings is 3. The lowest BCUT2D eigenvalue weighted by molar-refractivity contribution is -0.0934. The average Bonchev–Trinajstić information content (AvgIpc) is 3.56. The molecule has 4 N–H and O–H groups in total. The number of anilines is 1. The second-order valence-corrected chi connectivity index (χ2v) is 10.8. The van der Waals surface area contributed by atoms with Gasteiger partial charge in [0.05, 0.1) is 26.9 Å². The van der Waals surface area contributed by atoms with Gasteiger partial charge in [0.25, 0.3) is 5.56 Å². The van der Waals surface area contributed by atoms with Gasteiger partial charge in [0.2, 0.25) is 5.95 Å². The van der Waals surface area contributed by atoms with Crippen LogP contribution in [0.3, 0.4) is 0 Å². The fourth-order valence-electron chi connectivity index (χ4n) is 5.53. The van der Waals surface area contributed by atoms with Crippen molar-refractivity contribution >= 4 is 33.0 Å². The number of nitrogen functional groups attached to an aromatic ring is 1. The quantitative estimate of drug-likeness (QED) is 0.159. The van der Waals surface area contributed by atoms with Gasteiger partial charge in [-0.2, -0.15) is 4.98 Å². The number of rotatable bonds is 9. The van der Waals surface area contributed by atoms with Crippen molar-refractivity contribution in [1.82, 2.24) is 19.5 Å². The van der Waals surface area contributed by atoms with E-state index in [9.17, 15) is 9.90 Å². The minimum atomic E-state index is -1.08. The number of halogens is 1. The lowest BCUT2D eigenvalue weighted by Gasteiger charge is -2.37. The minimum Gasteiger partial charge on any atom is -0.497 e. The van der Waals surface area contributed by atoms with Gasteiger partial charge in [-0.25, -0.2) is 4.98 Å². The van der Waals surface area contributed by atoms with Gasteiger partial charge in [-0.05, 0) is 56.9 Å². The molecule has 0 amide bonds. The number of imidazole rings is 1. The molecule has 0 radical (unpaired) electrons. The second kappa shape index (κ2) is 11.8. The Balaban J connectivity index is 1.38. The molecule has 1 aliphatic heterocycles. The molecule has 3 aromatic carbocycles. The predicted molar refractivity (Wildman–Crippen MR) is 163 cm³/mol. The van der Waals surface area contributed by atoms with Crippen molar-refractivity contribution in [3.05, 3.63) is 111 Å². The summed E-state index contributed by atoms with van der Waals surface area (Å²) in [4.78, 5) is 23.4. The first-order chi connectivity index (χ1) is 20.8. The number of H-pyrrole nitrogens is 1. The van der Waals surface area contributed by atoms with Crippen molar-refractivity contribution in [2.45, 2.75) is 30.5 Å². The highest BCUT2D eigenvalue weighted by Gasteiger charge is 2.42. The Labute approximate surface area is 255 Å². The number of nitrogens with zero attached hydrogens (tertiary/aromatic N) is 3. The molecule has 5 aromatic rings. The third-order valence-corrected chi connectivity index (χ3v) is 8.21. The Kier molecular flexibility index (Phi) is 7.93. The Morgan fingerprint density at radius 1 is 0.977 bits per heavy atom. The zero-order valence-corrected chi connectivity index (χ0v) is 25.0. The second-order valence-electron chi connectivity index (χ2n) is 10.1. The van der Waals surface area contributed by atoms with Gasteiger partial charge in [0.15, 0.2) is 15.9 Å². The number of aliphatic hydroxyl groups is 1. The highest BCUT2D eigenvalue weighted by atomic mass is 79.9. The van der Waals surface area contributed by atoms with Gasteiger partial charge < -0.3 is 29.8 Å². The third-order valence-electron chi connectivity index (χ3n) is 7.66. The van der Waals surface area contributed by atoms with E-state index in [0.717, 1.165) is 16.7 Å². The first kappa shape index (κ1) is 28.9. The number of hydrogen-bond acceptors (Lipinski definition) is 9. The largest absolute Gasteiger partial charge is 0.497 e. The molecule has 1 fully saturated rings. The van der Waals surface area contributed by atoms with Crippen molar-refractivity contribution in [3.8, 4) is 11.5 Å². The van der Waals surface area contributed by atoms with Crippen LogP contribution in [0.2, 0.25) is 0 Å². The Morgan fingerprint density at radius 2 is 1.56 bits per heavy atom. The number of nitrogens with two attached hydrogens (primary N) is 1. The molecule has 11 nitrogen and oxygen atoms in total. The number of hydrogen-bond donors (Lipinski definition) is 3. The summed E-state index contributed by atoms with van der Waals surface area (Å²) in [5.41, 5.74) is 7.23. The van der Waals surface area contributed by atoms with E-state index in [2.05, 4.69) is 30.9 Å². The van der Waals surface area contributed by atoms with Crippen LogP contribution in [0.25, 0.3) is 11.2 Å². The van der Waals surface area contributed by atoms with Crippen LogP contribution in [-0.2, 0) is 15.1 Å². The monoisotopic (exact) mass is 647 g/mol. The van der Waals surface area contributed by atoms with E-state index in [4.69, 9.17) is 24.7 Å². The Hall–Kier alpha value is -4.23. The van der Waals surface area contributed by atoms with Gasteiger partial charge in [-0.15, -0.1) is 0 Å². The van der Waals surface area contributed by atoms with Gasteiger partial charge in [-0.1, -0.05) is 54.6 Å². The first-order valence-corrected chi connectivity index (χ1v) is 14.4. The molecule has 0 aliphatic carbocycles. The molecule has 1 unspecified atom stereocenters. The summed E-state index contributed by atoms with van der Waals surface area (Å²) in [6, 6.07) is 25.3. The molecule has 222 valence electrons. The molecule has 3 heterocycles. The smallest absolute Gasteiger partial charge is 0.280 e.